The van der Waals surface area contributed by atoms with E-state index in [1.165, 1.54) is 70.6 Å². The van der Waals surface area contributed by atoms with Crippen LogP contribution in [0.4, 0.5) is 0 Å². The lowest BCUT2D eigenvalue weighted by Crippen LogP contribution is -2.15. The van der Waals surface area contributed by atoms with Gasteiger partial charge in [-0.2, -0.15) is 0 Å². The van der Waals surface area contributed by atoms with Crippen molar-refractivity contribution in [1.29, 1.82) is 0 Å². The summed E-state index contributed by atoms with van der Waals surface area (Å²) in [5.74, 6) is 0. The molecule has 1 radical (unpaired) electrons. The Morgan fingerprint density at radius 3 is 1.40 bits per heavy atom. The zero-order valence-electron chi connectivity index (χ0n) is 10.7. The fourth-order valence-corrected chi connectivity index (χ4v) is 2.72. The van der Waals surface area contributed by atoms with E-state index in [-0.39, 0.29) is 0 Å². The minimum Gasteiger partial charge on any atom is -0.0596 e. The van der Waals surface area contributed by atoms with Gasteiger partial charge in [-0.3, -0.25) is 0 Å². The maximum atomic E-state index is 4.15. The molecule has 1 fully saturated rings. The molecule has 0 amide bonds. The van der Waals surface area contributed by atoms with E-state index in [1.807, 2.05) is 0 Å². The third kappa shape index (κ3) is 5.58. The summed E-state index contributed by atoms with van der Waals surface area (Å²) in [5.41, 5.74) is 0.555. The largest absolute Gasteiger partial charge is 0.0596 e. The second-order valence-corrected chi connectivity index (χ2v) is 5.74. The van der Waals surface area contributed by atoms with Gasteiger partial charge in [0, 0.05) is 0 Å². The average molecular weight is 209 g/mol. The fourth-order valence-electron chi connectivity index (χ4n) is 2.72. The first-order chi connectivity index (χ1) is 7.27. The first-order valence-electron chi connectivity index (χ1n) is 7.06. The number of hydrogen-bond acceptors (Lipinski definition) is 0. The van der Waals surface area contributed by atoms with E-state index in [2.05, 4.69) is 13.8 Å². The van der Waals surface area contributed by atoms with Gasteiger partial charge in [-0.25, -0.2) is 0 Å². The molecule has 0 heterocycles. The minimum atomic E-state index is 0.555. The molecule has 1 aliphatic carbocycles. The van der Waals surface area contributed by atoms with Crippen molar-refractivity contribution >= 4 is 0 Å². The summed E-state index contributed by atoms with van der Waals surface area (Å²) in [4.78, 5) is 0. The summed E-state index contributed by atoms with van der Waals surface area (Å²) in [7, 11) is 0. The van der Waals surface area contributed by atoms with Gasteiger partial charge in [-0.15, -0.1) is 0 Å². The maximum absolute atomic E-state index is 4.15. The standard InChI is InChI=1S/C15H29/c1-3-15(2)13-11-9-7-5-4-6-8-10-12-14-15/h1,3-14H2,2H3. The lowest BCUT2D eigenvalue weighted by molar-refractivity contribution is 0.250. The summed E-state index contributed by atoms with van der Waals surface area (Å²) in [6, 6.07) is 0. The summed E-state index contributed by atoms with van der Waals surface area (Å²) < 4.78 is 0. The van der Waals surface area contributed by atoms with Crippen LogP contribution in [0.2, 0.25) is 0 Å². The molecular formula is C15H29. The lowest BCUT2D eigenvalue weighted by atomic mass is 9.77. The highest BCUT2D eigenvalue weighted by Crippen LogP contribution is 2.34. The Bertz CT molecular complexity index is 136. The van der Waals surface area contributed by atoms with Gasteiger partial charge in [-0.1, -0.05) is 71.6 Å². The van der Waals surface area contributed by atoms with E-state index in [0.29, 0.717) is 5.41 Å². The molecule has 89 valence electrons. The molecule has 0 aliphatic heterocycles. The van der Waals surface area contributed by atoms with Gasteiger partial charge in [0.05, 0.1) is 0 Å². The summed E-state index contributed by atoms with van der Waals surface area (Å²) >= 11 is 0. The van der Waals surface area contributed by atoms with Gasteiger partial charge < -0.3 is 0 Å². The van der Waals surface area contributed by atoms with Crippen LogP contribution in [0.3, 0.4) is 0 Å². The normalized spacial score (nSPS) is 25.2. The predicted molar refractivity (Wildman–Crippen MR) is 68.9 cm³/mol. The van der Waals surface area contributed by atoms with Crippen LogP contribution in [0.5, 0.6) is 0 Å². The Kier molecular flexibility index (Phi) is 6.36. The van der Waals surface area contributed by atoms with E-state index < -0.39 is 0 Å². The van der Waals surface area contributed by atoms with Gasteiger partial charge in [0.15, 0.2) is 0 Å². The zero-order chi connectivity index (χ0) is 11.0. The average Bonchev–Trinajstić information content (AvgIpc) is 2.23. The van der Waals surface area contributed by atoms with Crippen LogP contribution < -0.4 is 0 Å². The number of rotatable bonds is 1. The van der Waals surface area contributed by atoms with Crippen LogP contribution >= 0.6 is 0 Å². The molecule has 0 unspecified atom stereocenters. The van der Waals surface area contributed by atoms with E-state index in [0.717, 1.165) is 6.42 Å². The van der Waals surface area contributed by atoms with Crippen LogP contribution in [0.25, 0.3) is 0 Å². The maximum Gasteiger partial charge on any atom is -0.0326 e. The molecule has 0 nitrogen and oxygen atoms in total. The van der Waals surface area contributed by atoms with Gasteiger partial charge in [0.2, 0.25) is 0 Å². The molecule has 0 spiro atoms. The van der Waals surface area contributed by atoms with E-state index in [4.69, 9.17) is 0 Å². The topological polar surface area (TPSA) is 0 Å². The van der Waals surface area contributed by atoms with Crippen molar-refractivity contribution in [2.24, 2.45) is 5.41 Å². The van der Waals surface area contributed by atoms with Crippen molar-refractivity contribution in [2.75, 3.05) is 0 Å². The van der Waals surface area contributed by atoms with Crippen LogP contribution in [0, 0.1) is 12.3 Å². The van der Waals surface area contributed by atoms with Gasteiger partial charge in [0.1, 0.15) is 0 Å². The molecule has 15 heavy (non-hydrogen) atoms. The van der Waals surface area contributed by atoms with Crippen molar-refractivity contribution in [3.63, 3.8) is 0 Å². The third-order valence-corrected chi connectivity index (χ3v) is 4.16. The van der Waals surface area contributed by atoms with Crippen molar-refractivity contribution in [3.05, 3.63) is 6.92 Å². The van der Waals surface area contributed by atoms with Crippen molar-refractivity contribution in [2.45, 2.75) is 84.0 Å². The second kappa shape index (κ2) is 7.30. The predicted octanol–water partition coefficient (Wildman–Crippen LogP) is 5.52. The van der Waals surface area contributed by atoms with Crippen LogP contribution in [0.1, 0.15) is 84.0 Å². The molecule has 1 rings (SSSR count). The molecule has 1 aliphatic rings. The summed E-state index contributed by atoms with van der Waals surface area (Å²) in [6.45, 7) is 6.60. The molecule has 0 heteroatoms. The third-order valence-electron chi connectivity index (χ3n) is 4.16. The minimum absolute atomic E-state index is 0.555. The molecule has 0 bridgehead atoms. The fraction of sp³-hybridized carbons (Fsp3) is 0.933. The first kappa shape index (κ1) is 13.1. The van der Waals surface area contributed by atoms with Gasteiger partial charge in [-0.05, 0) is 24.7 Å². The highest BCUT2D eigenvalue weighted by atomic mass is 14.3. The molecule has 0 aromatic carbocycles. The molecule has 0 N–H and O–H groups in total. The molecule has 0 aromatic heterocycles. The van der Waals surface area contributed by atoms with E-state index in [9.17, 15) is 0 Å². The highest BCUT2D eigenvalue weighted by molar-refractivity contribution is 4.75. The van der Waals surface area contributed by atoms with Crippen molar-refractivity contribution in [1.82, 2.24) is 0 Å². The first-order valence-corrected chi connectivity index (χ1v) is 7.06. The van der Waals surface area contributed by atoms with E-state index >= 15 is 0 Å². The van der Waals surface area contributed by atoms with E-state index in [1.54, 1.807) is 0 Å². The quantitative estimate of drug-likeness (QED) is 0.533. The number of hydrogen-bond donors (Lipinski definition) is 0. The van der Waals surface area contributed by atoms with Gasteiger partial charge in [0.25, 0.3) is 0 Å². The molecule has 0 atom stereocenters. The second-order valence-electron chi connectivity index (χ2n) is 5.74. The Hall–Kier alpha value is 0. The Morgan fingerprint density at radius 2 is 1.07 bits per heavy atom. The molecular weight excluding hydrogens is 180 g/mol. The Morgan fingerprint density at radius 1 is 0.733 bits per heavy atom. The molecule has 0 aromatic rings. The Labute approximate surface area is 96.8 Å². The molecule has 1 saturated carbocycles. The monoisotopic (exact) mass is 209 g/mol. The lowest BCUT2D eigenvalue weighted by Gasteiger charge is -2.28. The van der Waals surface area contributed by atoms with Crippen LogP contribution in [-0.4, -0.2) is 0 Å². The molecule has 0 saturated heterocycles. The SMILES string of the molecule is [CH2]CC1(C)CCCCCCCCCCC1. The van der Waals surface area contributed by atoms with Gasteiger partial charge >= 0.3 is 0 Å². The zero-order valence-corrected chi connectivity index (χ0v) is 10.7. The van der Waals surface area contributed by atoms with Crippen molar-refractivity contribution < 1.29 is 0 Å². The Balaban J connectivity index is 2.32. The van der Waals surface area contributed by atoms with Crippen molar-refractivity contribution in [3.8, 4) is 0 Å². The van der Waals surface area contributed by atoms with Crippen LogP contribution in [-0.2, 0) is 0 Å². The smallest absolute Gasteiger partial charge is 0.0326 e. The van der Waals surface area contributed by atoms with Crippen LogP contribution in [0.15, 0.2) is 0 Å². The summed E-state index contributed by atoms with van der Waals surface area (Å²) in [6.07, 6.45) is 17.1. The highest BCUT2D eigenvalue weighted by Gasteiger charge is 2.20. The summed E-state index contributed by atoms with van der Waals surface area (Å²) in [5, 5.41) is 0.